The van der Waals surface area contributed by atoms with Gasteiger partial charge in [0.15, 0.2) is 0 Å². The molecular formula is C12H18N2O. The van der Waals surface area contributed by atoms with Crippen LogP contribution in [0.1, 0.15) is 13.3 Å². The van der Waals surface area contributed by atoms with Gasteiger partial charge in [-0.25, -0.2) is 0 Å². The van der Waals surface area contributed by atoms with Gasteiger partial charge in [0.2, 0.25) is 0 Å². The van der Waals surface area contributed by atoms with Crippen LogP contribution in [-0.4, -0.2) is 36.1 Å². The molecule has 1 aliphatic heterocycles. The van der Waals surface area contributed by atoms with Crippen molar-refractivity contribution in [2.75, 3.05) is 20.2 Å². The van der Waals surface area contributed by atoms with Crippen LogP contribution in [0.2, 0.25) is 0 Å². The van der Waals surface area contributed by atoms with Crippen LogP contribution in [0.3, 0.4) is 0 Å². The van der Waals surface area contributed by atoms with Gasteiger partial charge in [0.25, 0.3) is 0 Å². The Hall–Kier alpha value is -1.09. The van der Waals surface area contributed by atoms with E-state index in [0.29, 0.717) is 6.04 Å². The zero-order valence-electron chi connectivity index (χ0n) is 9.39. The van der Waals surface area contributed by atoms with Gasteiger partial charge in [0.05, 0.1) is 6.20 Å². The number of hydrogen-bond donors (Lipinski definition) is 0. The molecule has 0 radical (unpaired) electrons. The van der Waals surface area contributed by atoms with Crippen LogP contribution in [0.5, 0.6) is 5.75 Å². The Bertz CT molecular complexity index is 302. The van der Waals surface area contributed by atoms with Crippen molar-refractivity contribution in [1.29, 1.82) is 0 Å². The van der Waals surface area contributed by atoms with Gasteiger partial charge in [-0.05, 0) is 31.5 Å². The maximum Gasteiger partial charge on any atom is 0.137 e. The molecule has 1 fully saturated rings. The lowest BCUT2D eigenvalue weighted by molar-refractivity contribution is 0.198. The molecule has 82 valence electrons. The summed E-state index contributed by atoms with van der Waals surface area (Å²) in [6.45, 7) is 4.24. The Morgan fingerprint density at radius 1 is 1.60 bits per heavy atom. The van der Waals surface area contributed by atoms with Crippen molar-refractivity contribution in [2.24, 2.45) is 5.92 Å². The van der Waals surface area contributed by atoms with Crippen molar-refractivity contribution in [3.63, 3.8) is 0 Å². The maximum atomic E-state index is 5.70. The number of aromatic nitrogens is 1. The molecule has 15 heavy (non-hydrogen) atoms. The Morgan fingerprint density at radius 2 is 2.47 bits per heavy atom. The van der Waals surface area contributed by atoms with E-state index in [1.165, 1.54) is 13.0 Å². The molecule has 1 aromatic heterocycles. The molecule has 3 nitrogen and oxygen atoms in total. The Balaban J connectivity index is 1.84. The van der Waals surface area contributed by atoms with Gasteiger partial charge in [0, 0.05) is 18.8 Å². The highest BCUT2D eigenvalue weighted by molar-refractivity contribution is 5.15. The highest BCUT2D eigenvalue weighted by Gasteiger charge is 2.26. The minimum Gasteiger partial charge on any atom is -0.490 e. The maximum absolute atomic E-state index is 5.70. The summed E-state index contributed by atoms with van der Waals surface area (Å²) in [4.78, 5) is 6.40. The van der Waals surface area contributed by atoms with Crippen molar-refractivity contribution < 1.29 is 4.74 Å². The molecule has 3 heteroatoms. The number of nitrogens with zero attached hydrogens (tertiary/aromatic N) is 2. The van der Waals surface area contributed by atoms with E-state index >= 15 is 0 Å². The molecular weight excluding hydrogens is 188 g/mol. The van der Waals surface area contributed by atoms with Crippen LogP contribution >= 0.6 is 0 Å². The molecule has 1 saturated heterocycles. The number of likely N-dealkylation sites (tertiary alicyclic amines) is 1. The fraction of sp³-hybridized carbons (Fsp3) is 0.583. The summed E-state index contributed by atoms with van der Waals surface area (Å²) in [7, 11) is 2.17. The summed E-state index contributed by atoms with van der Waals surface area (Å²) in [5.41, 5.74) is 0. The third-order valence-electron chi connectivity index (χ3n) is 2.97. The van der Waals surface area contributed by atoms with Gasteiger partial charge in [-0.15, -0.1) is 0 Å². The summed E-state index contributed by atoms with van der Waals surface area (Å²) >= 11 is 0. The number of ether oxygens (including phenoxy) is 1. The average Bonchev–Trinajstić information content (AvgIpc) is 2.56. The van der Waals surface area contributed by atoms with Crippen molar-refractivity contribution in [2.45, 2.75) is 19.4 Å². The molecule has 2 heterocycles. The molecule has 0 aliphatic carbocycles. The van der Waals surface area contributed by atoms with E-state index in [-0.39, 0.29) is 0 Å². The third-order valence-corrected chi connectivity index (χ3v) is 2.97. The van der Waals surface area contributed by atoms with Crippen LogP contribution in [0, 0.1) is 5.92 Å². The van der Waals surface area contributed by atoms with E-state index in [0.717, 1.165) is 18.3 Å². The number of rotatable bonds is 3. The average molecular weight is 206 g/mol. The predicted molar refractivity (Wildman–Crippen MR) is 59.9 cm³/mol. The highest BCUT2D eigenvalue weighted by Crippen LogP contribution is 2.21. The highest BCUT2D eigenvalue weighted by atomic mass is 16.5. The van der Waals surface area contributed by atoms with Crippen molar-refractivity contribution >= 4 is 0 Å². The monoisotopic (exact) mass is 206 g/mol. The van der Waals surface area contributed by atoms with Gasteiger partial charge < -0.3 is 4.74 Å². The van der Waals surface area contributed by atoms with Gasteiger partial charge >= 0.3 is 0 Å². The lowest BCUT2D eigenvalue weighted by Gasteiger charge is -2.19. The summed E-state index contributed by atoms with van der Waals surface area (Å²) in [5.74, 6) is 1.66. The van der Waals surface area contributed by atoms with Crippen LogP contribution in [0.15, 0.2) is 24.5 Å². The van der Waals surface area contributed by atoms with Crippen LogP contribution in [-0.2, 0) is 0 Å². The minimum absolute atomic E-state index is 0.556. The van der Waals surface area contributed by atoms with Crippen LogP contribution in [0.4, 0.5) is 0 Å². The summed E-state index contributed by atoms with van der Waals surface area (Å²) in [6, 6.07) is 4.40. The smallest absolute Gasteiger partial charge is 0.137 e. The SMILES string of the molecule is C[C@@H]1C[C@@H](COc2cccnc2)N(C)C1. The number of pyridine rings is 1. The Morgan fingerprint density at radius 3 is 3.07 bits per heavy atom. The van der Waals surface area contributed by atoms with Gasteiger partial charge in [-0.3, -0.25) is 9.88 Å². The molecule has 0 unspecified atom stereocenters. The first-order valence-corrected chi connectivity index (χ1v) is 5.49. The van der Waals surface area contributed by atoms with Crippen LogP contribution in [0.25, 0.3) is 0 Å². The quantitative estimate of drug-likeness (QED) is 0.754. The standard InChI is InChI=1S/C12H18N2O/c1-10-6-11(14(2)8-10)9-15-12-4-3-5-13-7-12/h3-5,7,10-11H,6,8-9H2,1-2H3/t10-,11+/m1/s1. The van der Waals surface area contributed by atoms with Gasteiger partial charge in [0.1, 0.15) is 12.4 Å². The van der Waals surface area contributed by atoms with E-state index in [4.69, 9.17) is 4.74 Å². The van der Waals surface area contributed by atoms with E-state index < -0.39 is 0 Å². The number of likely N-dealkylation sites (N-methyl/N-ethyl adjacent to an activating group) is 1. The zero-order chi connectivity index (χ0) is 10.7. The molecule has 0 bridgehead atoms. The number of hydrogen-bond acceptors (Lipinski definition) is 3. The topological polar surface area (TPSA) is 25.4 Å². The second-order valence-corrected chi connectivity index (χ2v) is 4.43. The summed E-state index contributed by atoms with van der Waals surface area (Å²) in [6.07, 6.45) is 4.76. The summed E-state index contributed by atoms with van der Waals surface area (Å²) in [5, 5.41) is 0. The molecule has 0 saturated carbocycles. The second-order valence-electron chi connectivity index (χ2n) is 4.43. The second kappa shape index (κ2) is 4.62. The van der Waals surface area contributed by atoms with Gasteiger partial charge in [-0.1, -0.05) is 6.92 Å². The summed E-state index contributed by atoms with van der Waals surface area (Å²) < 4.78 is 5.70. The first-order chi connectivity index (χ1) is 7.25. The molecule has 0 amide bonds. The molecule has 0 aromatic carbocycles. The molecule has 1 aliphatic rings. The van der Waals surface area contributed by atoms with E-state index in [9.17, 15) is 0 Å². The lowest BCUT2D eigenvalue weighted by atomic mass is 10.1. The first-order valence-electron chi connectivity index (χ1n) is 5.49. The fourth-order valence-corrected chi connectivity index (χ4v) is 2.18. The van der Waals surface area contributed by atoms with Crippen molar-refractivity contribution in [3.05, 3.63) is 24.5 Å². The first kappa shape index (κ1) is 10.4. The normalized spacial score (nSPS) is 26.8. The fourth-order valence-electron chi connectivity index (χ4n) is 2.18. The van der Waals surface area contributed by atoms with Crippen molar-refractivity contribution in [3.8, 4) is 5.75 Å². The lowest BCUT2D eigenvalue weighted by Crippen LogP contribution is -2.30. The van der Waals surface area contributed by atoms with Crippen molar-refractivity contribution in [1.82, 2.24) is 9.88 Å². The zero-order valence-corrected chi connectivity index (χ0v) is 9.39. The largest absolute Gasteiger partial charge is 0.490 e. The molecule has 0 spiro atoms. The predicted octanol–water partition coefficient (Wildman–Crippen LogP) is 1.80. The molecule has 2 rings (SSSR count). The molecule has 0 N–H and O–H groups in total. The van der Waals surface area contributed by atoms with E-state index in [1.54, 1.807) is 12.4 Å². The van der Waals surface area contributed by atoms with E-state index in [1.807, 2.05) is 12.1 Å². The molecule has 1 aromatic rings. The Labute approximate surface area is 91.1 Å². The third kappa shape index (κ3) is 2.69. The minimum atomic E-state index is 0.556. The van der Waals surface area contributed by atoms with Crippen LogP contribution < -0.4 is 4.74 Å². The van der Waals surface area contributed by atoms with Gasteiger partial charge in [-0.2, -0.15) is 0 Å². The Kier molecular flexibility index (Phi) is 3.21. The van der Waals surface area contributed by atoms with E-state index in [2.05, 4.69) is 23.9 Å². The molecule has 2 atom stereocenters.